The quantitative estimate of drug-likeness (QED) is 0.333. The van der Waals surface area contributed by atoms with E-state index in [1.54, 1.807) is 29.7 Å². The molecule has 0 aliphatic carbocycles. The zero-order valence-corrected chi connectivity index (χ0v) is 13.2. The number of amides is 1. The molecule has 23 heavy (non-hydrogen) atoms. The molecule has 2 rings (SSSR count). The summed E-state index contributed by atoms with van der Waals surface area (Å²) in [6.45, 7) is 0.289. The van der Waals surface area contributed by atoms with Crippen LogP contribution in [0.15, 0.2) is 36.4 Å². The lowest BCUT2D eigenvalue weighted by Gasteiger charge is -2.11. The van der Waals surface area contributed by atoms with Crippen molar-refractivity contribution in [3.8, 4) is 11.9 Å². The number of carbonyl (C=O) groups is 1. The maximum Gasteiger partial charge on any atom is 0.221 e. The molecule has 1 aromatic carbocycles. The molecule has 0 fully saturated rings. The van der Waals surface area contributed by atoms with Crippen LogP contribution >= 0.6 is 11.6 Å². The molecule has 1 heterocycles. The molecule has 8 heteroatoms. The van der Waals surface area contributed by atoms with Gasteiger partial charge in [0.15, 0.2) is 0 Å². The molecule has 0 radical (unpaired) electrons. The van der Waals surface area contributed by atoms with Crippen LogP contribution in [-0.4, -0.2) is 18.4 Å². The highest BCUT2D eigenvalue weighted by Gasteiger charge is 2.07. The van der Waals surface area contributed by atoms with Gasteiger partial charge in [0, 0.05) is 29.4 Å². The van der Waals surface area contributed by atoms with Crippen LogP contribution in [0.25, 0.3) is 0 Å². The summed E-state index contributed by atoms with van der Waals surface area (Å²) in [6, 6.07) is 12.6. The number of halogens is 1. The lowest BCUT2D eigenvalue weighted by atomic mass is 10.2. The first kappa shape index (κ1) is 18.2. The number of ether oxygens (including phenoxy) is 1. The predicted octanol–water partition coefficient (Wildman–Crippen LogP) is 1.83. The van der Waals surface area contributed by atoms with Crippen LogP contribution in [0.3, 0.4) is 0 Å². The van der Waals surface area contributed by atoms with Crippen molar-refractivity contribution in [1.29, 1.82) is 5.26 Å². The van der Waals surface area contributed by atoms with Gasteiger partial charge in [-0.2, -0.15) is 5.26 Å². The van der Waals surface area contributed by atoms with E-state index in [4.69, 9.17) is 26.4 Å². The fourth-order valence-electron chi connectivity index (χ4n) is 1.64. The Morgan fingerprint density at radius 2 is 2.09 bits per heavy atom. The third-order valence-electron chi connectivity index (χ3n) is 2.66. The van der Waals surface area contributed by atoms with Crippen molar-refractivity contribution < 1.29 is 9.53 Å². The summed E-state index contributed by atoms with van der Waals surface area (Å²) in [5.41, 5.74) is 3.84. The Hall–Kier alpha value is -2.82. The van der Waals surface area contributed by atoms with Gasteiger partial charge in [0.2, 0.25) is 12.3 Å². The molecular formula is C15H16ClN5O2. The smallest absolute Gasteiger partial charge is 0.221 e. The van der Waals surface area contributed by atoms with Crippen molar-refractivity contribution in [2.75, 3.05) is 12.4 Å². The van der Waals surface area contributed by atoms with Gasteiger partial charge in [-0.1, -0.05) is 23.7 Å². The van der Waals surface area contributed by atoms with Gasteiger partial charge in [-0.3, -0.25) is 10.2 Å². The van der Waals surface area contributed by atoms with Gasteiger partial charge >= 0.3 is 0 Å². The van der Waals surface area contributed by atoms with Crippen molar-refractivity contribution in [1.82, 2.24) is 10.4 Å². The zero-order valence-electron chi connectivity index (χ0n) is 12.4. The van der Waals surface area contributed by atoms with Crippen LogP contribution in [0.4, 0.5) is 5.69 Å². The first-order valence-corrected chi connectivity index (χ1v) is 6.89. The fraction of sp³-hybridized carbons (Fsp3) is 0.133. The number of benzene rings is 1. The Bertz CT molecular complexity index is 688. The highest BCUT2D eigenvalue weighted by Crippen LogP contribution is 2.25. The van der Waals surface area contributed by atoms with E-state index in [1.807, 2.05) is 25.2 Å². The number of nitriles is 1. The lowest BCUT2D eigenvalue weighted by Crippen LogP contribution is -2.18. The average molecular weight is 334 g/mol. The van der Waals surface area contributed by atoms with E-state index in [9.17, 15) is 0 Å². The first-order valence-electron chi connectivity index (χ1n) is 6.51. The molecule has 0 bridgehead atoms. The minimum atomic E-state index is 0.289. The molecule has 0 saturated heterocycles. The molecule has 0 aliphatic rings. The van der Waals surface area contributed by atoms with E-state index in [0.717, 1.165) is 11.3 Å². The van der Waals surface area contributed by atoms with E-state index in [-0.39, 0.29) is 6.61 Å². The number of anilines is 1. The highest BCUT2D eigenvalue weighted by atomic mass is 35.5. The Morgan fingerprint density at radius 1 is 1.39 bits per heavy atom. The summed E-state index contributed by atoms with van der Waals surface area (Å²) >= 11 is 6.14. The molecular weight excluding hydrogens is 318 g/mol. The second kappa shape index (κ2) is 10.00. The van der Waals surface area contributed by atoms with Gasteiger partial charge in [0.05, 0.1) is 0 Å². The molecule has 2 aromatic rings. The minimum absolute atomic E-state index is 0.289. The number of hydrogen-bond acceptors (Lipinski definition) is 6. The molecule has 0 saturated carbocycles. The van der Waals surface area contributed by atoms with Crippen molar-refractivity contribution in [2.24, 2.45) is 5.84 Å². The van der Waals surface area contributed by atoms with Crippen LogP contribution in [0, 0.1) is 11.3 Å². The van der Waals surface area contributed by atoms with E-state index in [2.05, 4.69) is 16.1 Å². The van der Waals surface area contributed by atoms with Gasteiger partial charge in [0.25, 0.3) is 0 Å². The molecule has 1 amide bonds. The van der Waals surface area contributed by atoms with Gasteiger partial charge < -0.3 is 10.1 Å². The number of carbonyl (C=O) groups excluding carboxylic acids is 1. The van der Waals surface area contributed by atoms with Gasteiger partial charge in [-0.05, 0) is 18.2 Å². The van der Waals surface area contributed by atoms with Crippen LogP contribution in [0.1, 0.15) is 11.3 Å². The second-order valence-corrected chi connectivity index (χ2v) is 4.47. The highest BCUT2D eigenvalue weighted by molar-refractivity contribution is 6.31. The summed E-state index contributed by atoms with van der Waals surface area (Å²) in [7, 11) is 1.82. The predicted molar refractivity (Wildman–Crippen MR) is 87.7 cm³/mol. The zero-order chi connectivity index (χ0) is 17.1. The molecule has 4 N–H and O–H groups in total. The summed E-state index contributed by atoms with van der Waals surface area (Å²) in [5.74, 6) is 4.81. The Labute approximate surface area is 139 Å². The normalized spacial score (nSPS) is 8.96. The Balaban J connectivity index is 0.000000593. The number of hydrazine groups is 1. The maximum absolute atomic E-state index is 8.94. The number of aromatic nitrogens is 1. The standard InChI is InChI=1S/C14H12ClN3O.CH4N2O/c1-17-13-6-3-5-12(15)11(13)9-19-14-7-2-4-10(8-16)18-14;2-3-1-4/h2-7,17H,9H2,1H3;1H,2H2,(H,3,4). The average Bonchev–Trinajstić information content (AvgIpc) is 2.60. The maximum atomic E-state index is 8.94. The van der Waals surface area contributed by atoms with Crippen LogP contribution in [0.2, 0.25) is 5.02 Å². The van der Waals surface area contributed by atoms with Crippen LogP contribution < -0.4 is 21.3 Å². The van der Waals surface area contributed by atoms with Crippen molar-refractivity contribution in [3.05, 3.63) is 52.7 Å². The van der Waals surface area contributed by atoms with Crippen molar-refractivity contribution >= 4 is 23.7 Å². The van der Waals surface area contributed by atoms with Gasteiger partial charge in [-0.15, -0.1) is 0 Å². The van der Waals surface area contributed by atoms with Gasteiger partial charge in [-0.25, -0.2) is 10.8 Å². The summed E-state index contributed by atoms with van der Waals surface area (Å²) < 4.78 is 5.57. The van der Waals surface area contributed by atoms with Crippen molar-refractivity contribution in [2.45, 2.75) is 6.61 Å². The largest absolute Gasteiger partial charge is 0.473 e. The number of pyridine rings is 1. The topological polar surface area (TPSA) is 113 Å². The van der Waals surface area contributed by atoms with E-state index < -0.39 is 0 Å². The third kappa shape index (κ3) is 5.82. The Kier molecular flexibility index (Phi) is 7.92. The Morgan fingerprint density at radius 3 is 2.70 bits per heavy atom. The van der Waals surface area contributed by atoms with Crippen LogP contribution in [0.5, 0.6) is 5.88 Å². The third-order valence-corrected chi connectivity index (χ3v) is 3.01. The molecule has 0 unspecified atom stereocenters. The minimum Gasteiger partial charge on any atom is -0.473 e. The number of rotatable bonds is 5. The number of hydrogen-bond donors (Lipinski definition) is 3. The monoisotopic (exact) mass is 333 g/mol. The van der Waals surface area contributed by atoms with E-state index in [0.29, 0.717) is 23.0 Å². The van der Waals surface area contributed by atoms with E-state index >= 15 is 0 Å². The number of nitrogens with one attached hydrogen (secondary N) is 2. The molecule has 1 aromatic heterocycles. The van der Waals surface area contributed by atoms with Crippen LogP contribution in [-0.2, 0) is 11.4 Å². The molecule has 120 valence electrons. The molecule has 0 atom stereocenters. The molecule has 0 aliphatic heterocycles. The lowest BCUT2D eigenvalue weighted by molar-refractivity contribution is -0.109. The van der Waals surface area contributed by atoms with Gasteiger partial charge in [0.1, 0.15) is 18.4 Å². The summed E-state index contributed by atoms with van der Waals surface area (Å²) in [4.78, 5) is 13.0. The second-order valence-electron chi connectivity index (χ2n) is 4.06. The molecule has 0 spiro atoms. The number of nitrogens with two attached hydrogens (primary N) is 1. The SMILES string of the molecule is CNc1cccc(Cl)c1COc1cccc(C#N)n1.NNC=O. The fourth-order valence-corrected chi connectivity index (χ4v) is 1.87. The summed E-state index contributed by atoms with van der Waals surface area (Å²) in [6.07, 6.45) is 0.403. The molecule has 7 nitrogen and oxygen atoms in total. The van der Waals surface area contributed by atoms with E-state index in [1.165, 1.54) is 0 Å². The van der Waals surface area contributed by atoms with Crippen molar-refractivity contribution in [3.63, 3.8) is 0 Å². The summed E-state index contributed by atoms with van der Waals surface area (Å²) in [5, 5.41) is 12.5. The first-order chi connectivity index (χ1) is 11.2. The number of nitrogens with zero attached hydrogens (tertiary/aromatic N) is 2.